The fraction of sp³-hybridized carbons (Fsp3) is 0.235. The first kappa shape index (κ1) is 16.9. The Morgan fingerprint density at radius 1 is 1.04 bits per heavy atom. The molecule has 2 aromatic carbocycles. The molecule has 23 heavy (non-hydrogen) atoms. The van der Waals surface area contributed by atoms with Gasteiger partial charge in [0.2, 0.25) is 0 Å². The van der Waals surface area contributed by atoms with Crippen LogP contribution in [0.3, 0.4) is 0 Å². The standard InChI is InChI=1S/C17H16F3NO2/c1-9-6-10(2)17(11(3)7-9)23-8-14(22)21-13-5-4-12(18)15(19)16(13)20/h4-7H,8H2,1-3H3,(H,21,22). The molecule has 0 saturated carbocycles. The minimum absolute atomic E-state index is 0.372. The van der Waals surface area contributed by atoms with Crippen LogP contribution in [0.5, 0.6) is 5.75 Å². The first-order valence-corrected chi connectivity index (χ1v) is 6.93. The molecule has 2 aromatic rings. The van der Waals surface area contributed by atoms with Crippen molar-refractivity contribution in [3.05, 3.63) is 58.4 Å². The van der Waals surface area contributed by atoms with Gasteiger partial charge in [-0.15, -0.1) is 0 Å². The lowest BCUT2D eigenvalue weighted by Gasteiger charge is -2.13. The lowest BCUT2D eigenvalue weighted by atomic mass is 10.1. The highest BCUT2D eigenvalue weighted by Gasteiger charge is 2.16. The molecule has 0 fully saturated rings. The molecule has 0 aliphatic rings. The summed E-state index contributed by atoms with van der Waals surface area (Å²) in [5, 5.41) is 2.15. The predicted molar refractivity (Wildman–Crippen MR) is 81.1 cm³/mol. The first-order chi connectivity index (χ1) is 10.8. The Labute approximate surface area is 132 Å². The maximum absolute atomic E-state index is 13.5. The fourth-order valence-electron chi connectivity index (χ4n) is 2.34. The molecule has 0 aliphatic carbocycles. The van der Waals surface area contributed by atoms with E-state index in [4.69, 9.17) is 4.74 Å². The third kappa shape index (κ3) is 3.83. The highest BCUT2D eigenvalue weighted by atomic mass is 19.2. The molecule has 0 unspecified atom stereocenters. The fourth-order valence-corrected chi connectivity index (χ4v) is 2.34. The van der Waals surface area contributed by atoms with Gasteiger partial charge in [0.1, 0.15) is 5.75 Å². The molecule has 0 radical (unpaired) electrons. The zero-order chi connectivity index (χ0) is 17.1. The number of nitrogens with one attached hydrogen (secondary N) is 1. The van der Waals surface area contributed by atoms with Crippen LogP contribution in [-0.4, -0.2) is 12.5 Å². The summed E-state index contributed by atoms with van der Waals surface area (Å²) < 4.78 is 44.9. The van der Waals surface area contributed by atoms with Crippen LogP contribution in [0.2, 0.25) is 0 Å². The highest BCUT2D eigenvalue weighted by Crippen LogP contribution is 2.24. The van der Waals surface area contributed by atoms with Gasteiger partial charge in [-0.05, 0) is 44.0 Å². The third-order valence-corrected chi connectivity index (χ3v) is 3.26. The number of carbonyl (C=O) groups is 1. The Morgan fingerprint density at radius 3 is 2.26 bits per heavy atom. The summed E-state index contributed by atoms with van der Waals surface area (Å²) in [6.45, 7) is 5.27. The molecule has 1 amide bonds. The second kappa shape index (κ2) is 6.73. The molecule has 3 nitrogen and oxygen atoms in total. The Kier molecular flexibility index (Phi) is 4.93. The van der Waals surface area contributed by atoms with E-state index in [0.29, 0.717) is 5.75 Å². The summed E-state index contributed by atoms with van der Waals surface area (Å²) in [6, 6.07) is 5.52. The lowest BCUT2D eigenvalue weighted by molar-refractivity contribution is -0.118. The maximum Gasteiger partial charge on any atom is 0.262 e. The second-order valence-corrected chi connectivity index (χ2v) is 5.29. The van der Waals surface area contributed by atoms with Gasteiger partial charge in [-0.3, -0.25) is 4.79 Å². The number of rotatable bonds is 4. The molecule has 0 spiro atoms. The van der Waals surface area contributed by atoms with Crippen molar-refractivity contribution in [3.63, 3.8) is 0 Å². The summed E-state index contributed by atoms with van der Waals surface area (Å²) in [5.41, 5.74) is 2.37. The summed E-state index contributed by atoms with van der Waals surface area (Å²) >= 11 is 0. The van der Waals surface area contributed by atoms with Crippen LogP contribution in [0, 0.1) is 38.2 Å². The third-order valence-electron chi connectivity index (χ3n) is 3.26. The van der Waals surface area contributed by atoms with E-state index in [1.807, 2.05) is 32.9 Å². The van der Waals surface area contributed by atoms with E-state index in [2.05, 4.69) is 5.32 Å². The molecule has 0 bridgehead atoms. The molecule has 0 heterocycles. The van der Waals surface area contributed by atoms with Crippen LogP contribution < -0.4 is 10.1 Å². The number of hydrogen-bond acceptors (Lipinski definition) is 2. The van der Waals surface area contributed by atoms with E-state index < -0.39 is 29.0 Å². The van der Waals surface area contributed by atoms with Crippen LogP contribution >= 0.6 is 0 Å². The van der Waals surface area contributed by atoms with Crippen molar-refractivity contribution in [3.8, 4) is 5.75 Å². The molecule has 2 rings (SSSR count). The van der Waals surface area contributed by atoms with Crippen LogP contribution in [0.4, 0.5) is 18.9 Å². The van der Waals surface area contributed by atoms with E-state index >= 15 is 0 Å². The van der Waals surface area contributed by atoms with Crippen molar-refractivity contribution < 1.29 is 22.7 Å². The lowest BCUT2D eigenvalue weighted by Crippen LogP contribution is -2.21. The first-order valence-electron chi connectivity index (χ1n) is 6.93. The molecule has 0 aromatic heterocycles. The SMILES string of the molecule is Cc1cc(C)c(OCC(=O)Nc2ccc(F)c(F)c2F)c(C)c1. The van der Waals surface area contributed by atoms with Gasteiger partial charge in [-0.2, -0.15) is 0 Å². The average Bonchev–Trinajstić information content (AvgIpc) is 2.47. The van der Waals surface area contributed by atoms with Crippen molar-refractivity contribution in [1.29, 1.82) is 0 Å². The van der Waals surface area contributed by atoms with Crippen molar-refractivity contribution in [1.82, 2.24) is 0 Å². The van der Waals surface area contributed by atoms with Crippen LogP contribution in [0.15, 0.2) is 24.3 Å². The largest absolute Gasteiger partial charge is 0.483 e. The summed E-state index contributed by atoms with van der Waals surface area (Å²) in [6.07, 6.45) is 0. The van der Waals surface area contributed by atoms with E-state index in [1.165, 1.54) is 0 Å². The van der Waals surface area contributed by atoms with Crippen LogP contribution in [0.25, 0.3) is 0 Å². The van der Waals surface area contributed by atoms with Gasteiger partial charge < -0.3 is 10.1 Å². The van der Waals surface area contributed by atoms with Gasteiger partial charge in [0, 0.05) is 0 Å². The molecular formula is C17H16F3NO2. The monoisotopic (exact) mass is 323 g/mol. The quantitative estimate of drug-likeness (QED) is 0.862. The molecule has 0 atom stereocenters. The minimum atomic E-state index is -1.63. The van der Waals surface area contributed by atoms with Gasteiger partial charge in [-0.25, -0.2) is 13.2 Å². The summed E-state index contributed by atoms with van der Waals surface area (Å²) in [5.74, 6) is -4.50. The van der Waals surface area contributed by atoms with Gasteiger partial charge >= 0.3 is 0 Å². The zero-order valence-electron chi connectivity index (χ0n) is 13.0. The molecule has 0 saturated heterocycles. The van der Waals surface area contributed by atoms with Crippen LogP contribution in [0.1, 0.15) is 16.7 Å². The van der Waals surface area contributed by atoms with Gasteiger partial charge in [0.15, 0.2) is 24.1 Å². The molecule has 6 heteroatoms. The topological polar surface area (TPSA) is 38.3 Å². The highest BCUT2D eigenvalue weighted by molar-refractivity contribution is 5.92. The predicted octanol–water partition coefficient (Wildman–Crippen LogP) is 4.05. The number of aryl methyl sites for hydroxylation is 3. The van der Waals surface area contributed by atoms with Gasteiger partial charge in [0.05, 0.1) is 5.69 Å². The maximum atomic E-state index is 13.5. The Bertz CT molecular complexity index is 737. The van der Waals surface area contributed by atoms with Crippen molar-refractivity contribution in [2.75, 3.05) is 11.9 Å². The van der Waals surface area contributed by atoms with E-state index in [0.717, 1.165) is 28.8 Å². The van der Waals surface area contributed by atoms with E-state index in [-0.39, 0.29) is 6.61 Å². The number of anilines is 1. The van der Waals surface area contributed by atoms with Gasteiger partial charge in [-0.1, -0.05) is 17.7 Å². The number of benzene rings is 2. The van der Waals surface area contributed by atoms with E-state index in [1.54, 1.807) is 0 Å². The number of halogens is 3. The molecule has 1 N–H and O–H groups in total. The molecular weight excluding hydrogens is 307 g/mol. The zero-order valence-corrected chi connectivity index (χ0v) is 13.0. The van der Waals surface area contributed by atoms with E-state index in [9.17, 15) is 18.0 Å². The van der Waals surface area contributed by atoms with Crippen LogP contribution in [-0.2, 0) is 4.79 Å². The second-order valence-electron chi connectivity index (χ2n) is 5.29. The van der Waals surface area contributed by atoms with Crippen molar-refractivity contribution in [2.45, 2.75) is 20.8 Å². The Hall–Kier alpha value is -2.50. The van der Waals surface area contributed by atoms with Crippen molar-refractivity contribution >= 4 is 11.6 Å². The Morgan fingerprint density at radius 2 is 1.65 bits per heavy atom. The summed E-state index contributed by atoms with van der Waals surface area (Å²) in [7, 11) is 0. The van der Waals surface area contributed by atoms with Crippen molar-refractivity contribution in [2.24, 2.45) is 0 Å². The summed E-state index contributed by atoms with van der Waals surface area (Å²) in [4.78, 5) is 11.8. The normalized spacial score (nSPS) is 10.5. The van der Waals surface area contributed by atoms with Gasteiger partial charge in [0.25, 0.3) is 5.91 Å². The Balaban J connectivity index is 2.06. The number of hydrogen-bond donors (Lipinski definition) is 1. The minimum Gasteiger partial charge on any atom is -0.483 e. The number of amides is 1. The number of carbonyl (C=O) groups excluding carboxylic acids is 1. The smallest absolute Gasteiger partial charge is 0.262 e. The molecule has 122 valence electrons. The number of ether oxygens (including phenoxy) is 1. The average molecular weight is 323 g/mol. The molecule has 0 aliphatic heterocycles.